The second-order valence-electron chi connectivity index (χ2n) is 16.4. The summed E-state index contributed by atoms with van der Waals surface area (Å²) in [6, 6.07) is 0. The minimum Gasteiger partial charge on any atom is -0.498 e. The van der Waals surface area contributed by atoms with Gasteiger partial charge >= 0.3 is 5.97 Å². The molecule has 9 nitrogen and oxygen atoms in total. The number of hydrogen-bond donors (Lipinski definition) is 0. The first kappa shape index (κ1) is 54.8. The second kappa shape index (κ2) is 45.3. The quantitative estimate of drug-likeness (QED) is 0.0338. The van der Waals surface area contributed by atoms with Gasteiger partial charge in [0.15, 0.2) is 0 Å². The van der Waals surface area contributed by atoms with E-state index in [1.54, 1.807) is 5.57 Å². The minimum absolute atomic E-state index is 0.0400. The SMILES string of the molecule is CCCCCCCCCOC(=O)CCCCCCCOCC(COCCOCCOCCOCCC)OCCCCCCCC(OCCCCCCCCC)=C1CC1. The first-order chi connectivity index (χ1) is 28.7. The van der Waals surface area contributed by atoms with Crippen molar-refractivity contribution in [1.29, 1.82) is 0 Å². The molecule has 1 rings (SSSR count). The van der Waals surface area contributed by atoms with Crippen LogP contribution < -0.4 is 0 Å². The van der Waals surface area contributed by atoms with Gasteiger partial charge in [0.25, 0.3) is 0 Å². The number of ether oxygens (including phenoxy) is 8. The highest BCUT2D eigenvalue weighted by molar-refractivity contribution is 5.69. The van der Waals surface area contributed by atoms with Gasteiger partial charge < -0.3 is 37.9 Å². The fraction of sp³-hybridized carbons (Fsp3) is 0.939. The predicted octanol–water partition coefficient (Wildman–Crippen LogP) is 12.7. The molecule has 0 bridgehead atoms. The lowest BCUT2D eigenvalue weighted by atomic mass is 10.1. The molecule has 1 fully saturated rings. The number of allylic oxidation sites excluding steroid dienone is 2. The molecule has 1 saturated carbocycles. The Hall–Kier alpha value is -1.23. The summed E-state index contributed by atoms with van der Waals surface area (Å²) in [7, 11) is 0. The van der Waals surface area contributed by atoms with Gasteiger partial charge in [-0.1, -0.05) is 136 Å². The van der Waals surface area contributed by atoms with Crippen LogP contribution in [0, 0.1) is 0 Å². The van der Waals surface area contributed by atoms with Gasteiger partial charge in [-0.3, -0.25) is 4.79 Å². The van der Waals surface area contributed by atoms with E-state index in [9.17, 15) is 4.79 Å². The minimum atomic E-state index is -0.0836. The van der Waals surface area contributed by atoms with Gasteiger partial charge in [-0.2, -0.15) is 0 Å². The van der Waals surface area contributed by atoms with Crippen LogP contribution in [0.25, 0.3) is 0 Å². The maximum absolute atomic E-state index is 12.0. The van der Waals surface area contributed by atoms with Crippen molar-refractivity contribution in [3.05, 3.63) is 11.3 Å². The third kappa shape index (κ3) is 40.2. The molecule has 0 aromatic carbocycles. The largest absolute Gasteiger partial charge is 0.498 e. The molecule has 1 aliphatic rings. The molecule has 0 heterocycles. The van der Waals surface area contributed by atoms with E-state index >= 15 is 0 Å². The van der Waals surface area contributed by atoms with E-state index in [-0.39, 0.29) is 12.1 Å². The molecule has 0 spiro atoms. The second-order valence-corrected chi connectivity index (χ2v) is 16.4. The number of carbonyl (C=O) groups excluding carboxylic acids is 1. The highest BCUT2D eigenvalue weighted by Gasteiger charge is 2.18. The van der Waals surface area contributed by atoms with Crippen LogP contribution in [0.2, 0.25) is 0 Å². The maximum Gasteiger partial charge on any atom is 0.305 e. The van der Waals surface area contributed by atoms with E-state index in [1.165, 1.54) is 121 Å². The summed E-state index contributed by atoms with van der Waals surface area (Å²) < 4.78 is 46.6. The summed E-state index contributed by atoms with van der Waals surface area (Å²) in [4.78, 5) is 12.0. The van der Waals surface area contributed by atoms with Crippen molar-refractivity contribution in [2.45, 2.75) is 213 Å². The summed E-state index contributed by atoms with van der Waals surface area (Å²) in [5.41, 5.74) is 1.57. The van der Waals surface area contributed by atoms with Gasteiger partial charge in [-0.05, 0) is 63.4 Å². The van der Waals surface area contributed by atoms with E-state index in [2.05, 4.69) is 20.8 Å². The van der Waals surface area contributed by atoms with Crippen molar-refractivity contribution in [3.63, 3.8) is 0 Å². The van der Waals surface area contributed by atoms with Crippen molar-refractivity contribution in [2.24, 2.45) is 0 Å². The number of esters is 1. The molecule has 9 heteroatoms. The zero-order valence-corrected chi connectivity index (χ0v) is 38.5. The maximum atomic E-state index is 12.0. The van der Waals surface area contributed by atoms with Gasteiger partial charge in [0.1, 0.15) is 6.10 Å². The Morgan fingerprint density at radius 1 is 0.397 bits per heavy atom. The molecule has 1 aliphatic carbocycles. The molecular formula is C49H94O9. The molecule has 1 atom stereocenters. The first-order valence-corrected chi connectivity index (χ1v) is 24.7. The van der Waals surface area contributed by atoms with Crippen LogP contribution in [0.1, 0.15) is 207 Å². The molecule has 0 aromatic rings. The van der Waals surface area contributed by atoms with Gasteiger partial charge in [-0.25, -0.2) is 0 Å². The van der Waals surface area contributed by atoms with Gasteiger partial charge in [0.05, 0.1) is 71.8 Å². The molecule has 0 aromatic heterocycles. The monoisotopic (exact) mass is 827 g/mol. The number of carbonyl (C=O) groups is 1. The van der Waals surface area contributed by atoms with E-state index in [1.807, 2.05) is 0 Å². The van der Waals surface area contributed by atoms with Crippen LogP contribution in [-0.4, -0.2) is 98.0 Å². The Balaban J connectivity index is 2.17. The van der Waals surface area contributed by atoms with Crippen LogP contribution in [0.4, 0.5) is 0 Å². The summed E-state index contributed by atoms with van der Waals surface area (Å²) in [5, 5.41) is 0. The number of hydrogen-bond acceptors (Lipinski definition) is 9. The standard InChI is InChI=1S/C49H94O9/c1-4-7-9-11-13-20-27-36-57-48(46-31-32-46)29-23-17-15-22-26-35-56-47(45-55-43-42-53-41-40-52-39-38-51-33-6-3)44-54-34-25-19-16-18-24-30-49(50)58-37-28-21-14-12-10-8-5-2/h47H,4-45H2,1-3H3. The Kier molecular flexibility index (Phi) is 42.8. The fourth-order valence-electron chi connectivity index (χ4n) is 6.81. The summed E-state index contributed by atoms with van der Waals surface area (Å²) in [6.45, 7) is 14.8. The van der Waals surface area contributed by atoms with Crippen molar-refractivity contribution >= 4 is 5.97 Å². The number of rotatable bonds is 49. The Labute approximate surface area is 358 Å². The van der Waals surface area contributed by atoms with E-state index in [0.717, 1.165) is 84.0 Å². The van der Waals surface area contributed by atoms with Crippen molar-refractivity contribution < 1.29 is 42.7 Å². The zero-order chi connectivity index (χ0) is 41.7. The van der Waals surface area contributed by atoms with E-state index < -0.39 is 0 Å². The zero-order valence-electron chi connectivity index (χ0n) is 38.5. The summed E-state index contributed by atoms with van der Waals surface area (Å²) in [6.07, 6.45) is 34.1. The molecular weight excluding hydrogens is 733 g/mol. The average Bonchev–Trinajstić information content (AvgIpc) is 4.08. The Bertz CT molecular complexity index is 876. The predicted molar refractivity (Wildman–Crippen MR) is 239 cm³/mol. The van der Waals surface area contributed by atoms with E-state index in [4.69, 9.17) is 37.9 Å². The summed E-state index contributed by atoms with van der Waals surface area (Å²) in [5.74, 6) is 1.27. The third-order valence-corrected chi connectivity index (χ3v) is 10.6. The molecule has 0 radical (unpaired) electrons. The first-order valence-electron chi connectivity index (χ1n) is 24.7. The lowest BCUT2D eigenvalue weighted by Crippen LogP contribution is -2.27. The van der Waals surface area contributed by atoms with Crippen molar-refractivity contribution in [1.82, 2.24) is 0 Å². The molecule has 0 aliphatic heterocycles. The summed E-state index contributed by atoms with van der Waals surface area (Å²) >= 11 is 0. The molecule has 1 unspecified atom stereocenters. The van der Waals surface area contributed by atoms with Crippen LogP contribution >= 0.6 is 0 Å². The van der Waals surface area contributed by atoms with Gasteiger partial charge in [0, 0.05) is 32.7 Å². The Morgan fingerprint density at radius 2 is 0.810 bits per heavy atom. The lowest BCUT2D eigenvalue weighted by Gasteiger charge is -2.18. The number of unbranched alkanes of at least 4 members (excludes halogenated alkanes) is 20. The smallest absolute Gasteiger partial charge is 0.305 e. The Morgan fingerprint density at radius 3 is 1.34 bits per heavy atom. The highest BCUT2D eigenvalue weighted by Crippen LogP contribution is 2.34. The average molecular weight is 827 g/mol. The lowest BCUT2D eigenvalue weighted by molar-refractivity contribution is -0.143. The third-order valence-electron chi connectivity index (χ3n) is 10.6. The van der Waals surface area contributed by atoms with Gasteiger partial charge in [-0.15, -0.1) is 0 Å². The molecule has 0 saturated heterocycles. The van der Waals surface area contributed by atoms with E-state index in [0.29, 0.717) is 72.5 Å². The fourth-order valence-corrected chi connectivity index (χ4v) is 6.81. The molecule has 58 heavy (non-hydrogen) atoms. The van der Waals surface area contributed by atoms with Crippen LogP contribution in [0.5, 0.6) is 0 Å². The van der Waals surface area contributed by atoms with Gasteiger partial charge in [0.2, 0.25) is 0 Å². The van der Waals surface area contributed by atoms with Crippen LogP contribution in [0.3, 0.4) is 0 Å². The van der Waals surface area contributed by atoms with Crippen molar-refractivity contribution in [2.75, 3.05) is 85.9 Å². The molecule has 0 amide bonds. The van der Waals surface area contributed by atoms with Crippen LogP contribution in [-0.2, 0) is 42.7 Å². The van der Waals surface area contributed by atoms with Crippen molar-refractivity contribution in [3.8, 4) is 0 Å². The normalized spacial score (nSPS) is 13.0. The molecule has 0 N–H and O–H groups in total. The highest BCUT2D eigenvalue weighted by atomic mass is 16.6. The molecule has 344 valence electrons. The topological polar surface area (TPSA) is 90.9 Å². The van der Waals surface area contributed by atoms with Crippen LogP contribution in [0.15, 0.2) is 11.3 Å².